The second kappa shape index (κ2) is 6.02. The minimum absolute atomic E-state index is 0.281. The highest BCUT2D eigenvalue weighted by Gasteiger charge is 2.19. The fourth-order valence-corrected chi connectivity index (χ4v) is 1.61. The molecule has 0 fully saturated rings. The summed E-state index contributed by atoms with van der Waals surface area (Å²) in [6, 6.07) is 0. The molecule has 1 rings (SSSR count). The Morgan fingerprint density at radius 3 is 2.71 bits per heavy atom. The SMILES string of the molecule is CCOC(C)(C)CNc1ncnc(Cl)c1OC. The van der Waals surface area contributed by atoms with Crippen LogP contribution in [0, 0.1) is 0 Å². The van der Waals surface area contributed by atoms with Crippen molar-refractivity contribution in [1.29, 1.82) is 0 Å². The Morgan fingerprint density at radius 2 is 2.12 bits per heavy atom. The number of hydrogen-bond acceptors (Lipinski definition) is 5. The summed E-state index contributed by atoms with van der Waals surface area (Å²) in [6.45, 7) is 7.22. The molecule has 0 radical (unpaired) electrons. The molecule has 0 atom stereocenters. The summed E-state index contributed by atoms with van der Waals surface area (Å²) in [6.07, 6.45) is 1.39. The van der Waals surface area contributed by atoms with Gasteiger partial charge in [-0.15, -0.1) is 0 Å². The summed E-state index contributed by atoms with van der Waals surface area (Å²) in [5.74, 6) is 1.02. The minimum atomic E-state index is -0.281. The van der Waals surface area contributed by atoms with Crippen molar-refractivity contribution in [2.75, 3.05) is 25.6 Å². The van der Waals surface area contributed by atoms with Crippen molar-refractivity contribution in [2.45, 2.75) is 26.4 Å². The largest absolute Gasteiger partial charge is 0.490 e. The first-order valence-electron chi connectivity index (χ1n) is 5.42. The Hall–Kier alpha value is -1.07. The van der Waals surface area contributed by atoms with Gasteiger partial charge in [0.1, 0.15) is 6.33 Å². The fourth-order valence-electron chi connectivity index (χ4n) is 1.40. The van der Waals surface area contributed by atoms with E-state index in [0.29, 0.717) is 29.9 Å². The number of hydrogen-bond donors (Lipinski definition) is 1. The Balaban J connectivity index is 2.72. The van der Waals surface area contributed by atoms with Gasteiger partial charge in [-0.1, -0.05) is 11.6 Å². The number of nitrogens with one attached hydrogen (secondary N) is 1. The number of methoxy groups -OCH3 is 1. The Labute approximate surface area is 107 Å². The van der Waals surface area contributed by atoms with Crippen LogP contribution in [0.3, 0.4) is 0 Å². The number of rotatable bonds is 6. The molecule has 0 aliphatic rings. The smallest absolute Gasteiger partial charge is 0.198 e. The van der Waals surface area contributed by atoms with Crippen molar-refractivity contribution in [3.05, 3.63) is 11.5 Å². The zero-order chi connectivity index (χ0) is 12.9. The van der Waals surface area contributed by atoms with E-state index in [1.807, 2.05) is 20.8 Å². The third-order valence-electron chi connectivity index (χ3n) is 2.18. The monoisotopic (exact) mass is 259 g/mol. The van der Waals surface area contributed by atoms with Crippen molar-refractivity contribution < 1.29 is 9.47 Å². The second-order valence-electron chi connectivity index (χ2n) is 4.09. The highest BCUT2D eigenvalue weighted by molar-refractivity contribution is 6.31. The minimum Gasteiger partial charge on any atom is -0.490 e. The summed E-state index contributed by atoms with van der Waals surface area (Å²) in [7, 11) is 1.53. The van der Waals surface area contributed by atoms with Crippen LogP contribution in [0.5, 0.6) is 5.75 Å². The molecule has 0 aromatic carbocycles. The van der Waals surface area contributed by atoms with E-state index < -0.39 is 0 Å². The van der Waals surface area contributed by atoms with Gasteiger partial charge in [-0.3, -0.25) is 0 Å². The predicted molar refractivity (Wildman–Crippen MR) is 67.8 cm³/mol. The normalized spacial score (nSPS) is 11.4. The lowest BCUT2D eigenvalue weighted by Gasteiger charge is -2.25. The Kier molecular flexibility index (Phi) is 4.96. The lowest BCUT2D eigenvalue weighted by molar-refractivity contribution is 0.000616. The summed E-state index contributed by atoms with van der Waals surface area (Å²) in [4.78, 5) is 7.94. The van der Waals surface area contributed by atoms with Crippen LogP contribution in [-0.4, -0.2) is 35.8 Å². The third-order valence-corrected chi connectivity index (χ3v) is 2.45. The molecule has 0 bridgehead atoms. The lowest BCUT2D eigenvalue weighted by Crippen LogP contribution is -2.33. The van der Waals surface area contributed by atoms with Gasteiger partial charge in [0.2, 0.25) is 0 Å². The summed E-state index contributed by atoms with van der Waals surface area (Å²) in [5.41, 5.74) is -0.281. The van der Waals surface area contributed by atoms with Gasteiger partial charge in [-0.25, -0.2) is 9.97 Å². The van der Waals surface area contributed by atoms with E-state index in [-0.39, 0.29) is 5.60 Å². The van der Waals surface area contributed by atoms with Gasteiger partial charge in [0.15, 0.2) is 16.7 Å². The second-order valence-corrected chi connectivity index (χ2v) is 4.45. The molecule has 1 aromatic rings. The standard InChI is InChI=1S/C11H18ClN3O2/c1-5-17-11(2,3)6-13-10-8(16-4)9(12)14-7-15-10/h7H,5-6H2,1-4H3,(H,13,14,15). The molecule has 0 spiro atoms. The maximum atomic E-state index is 5.89. The van der Waals surface area contributed by atoms with E-state index in [4.69, 9.17) is 21.1 Å². The van der Waals surface area contributed by atoms with Gasteiger partial charge < -0.3 is 14.8 Å². The van der Waals surface area contributed by atoms with Gasteiger partial charge in [0.05, 0.1) is 12.7 Å². The van der Waals surface area contributed by atoms with Crippen molar-refractivity contribution in [2.24, 2.45) is 0 Å². The maximum absolute atomic E-state index is 5.89. The van der Waals surface area contributed by atoms with Crippen LogP contribution >= 0.6 is 11.6 Å². The van der Waals surface area contributed by atoms with Crippen LogP contribution in [0.15, 0.2) is 6.33 Å². The molecule has 0 aliphatic heterocycles. The molecule has 0 saturated heterocycles. The van der Waals surface area contributed by atoms with E-state index in [1.54, 1.807) is 0 Å². The van der Waals surface area contributed by atoms with E-state index in [2.05, 4.69) is 15.3 Å². The van der Waals surface area contributed by atoms with Crippen molar-refractivity contribution in [3.63, 3.8) is 0 Å². The quantitative estimate of drug-likeness (QED) is 0.795. The zero-order valence-electron chi connectivity index (χ0n) is 10.6. The lowest BCUT2D eigenvalue weighted by atomic mass is 10.1. The van der Waals surface area contributed by atoms with Crippen LogP contribution < -0.4 is 10.1 Å². The highest BCUT2D eigenvalue weighted by atomic mass is 35.5. The molecule has 6 heteroatoms. The molecule has 0 unspecified atom stereocenters. The fraction of sp³-hybridized carbons (Fsp3) is 0.636. The molecule has 96 valence electrons. The molecule has 17 heavy (non-hydrogen) atoms. The van der Waals surface area contributed by atoms with Gasteiger partial charge >= 0.3 is 0 Å². The predicted octanol–water partition coefficient (Wildman–Crippen LogP) is 2.37. The number of aromatic nitrogens is 2. The van der Waals surface area contributed by atoms with Crippen LogP contribution in [0.25, 0.3) is 0 Å². The number of halogens is 1. The highest BCUT2D eigenvalue weighted by Crippen LogP contribution is 2.28. The first-order chi connectivity index (χ1) is 8.00. The first-order valence-corrected chi connectivity index (χ1v) is 5.80. The maximum Gasteiger partial charge on any atom is 0.198 e. The average molecular weight is 260 g/mol. The number of ether oxygens (including phenoxy) is 2. The summed E-state index contributed by atoms with van der Waals surface area (Å²) in [5, 5.41) is 3.44. The molecule has 0 saturated carbocycles. The van der Waals surface area contributed by atoms with Crippen molar-refractivity contribution >= 4 is 17.4 Å². The van der Waals surface area contributed by atoms with Gasteiger partial charge in [0.25, 0.3) is 0 Å². The molecule has 1 heterocycles. The average Bonchev–Trinajstić information content (AvgIpc) is 2.26. The van der Waals surface area contributed by atoms with Crippen LogP contribution in [0.4, 0.5) is 5.82 Å². The van der Waals surface area contributed by atoms with Gasteiger partial charge in [-0.2, -0.15) is 0 Å². The summed E-state index contributed by atoms with van der Waals surface area (Å²) < 4.78 is 10.7. The topological polar surface area (TPSA) is 56.3 Å². The van der Waals surface area contributed by atoms with E-state index >= 15 is 0 Å². The summed E-state index contributed by atoms with van der Waals surface area (Å²) >= 11 is 5.89. The van der Waals surface area contributed by atoms with Crippen LogP contribution in [-0.2, 0) is 4.74 Å². The van der Waals surface area contributed by atoms with Crippen molar-refractivity contribution in [3.8, 4) is 5.75 Å². The number of anilines is 1. The molecule has 0 amide bonds. The van der Waals surface area contributed by atoms with E-state index in [1.165, 1.54) is 13.4 Å². The van der Waals surface area contributed by atoms with E-state index in [0.717, 1.165) is 0 Å². The Morgan fingerprint density at radius 1 is 1.41 bits per heavy atom. The van der Waals surface area contributed by atoms with Crippen LogP contribution in [0.1, 0.15) is 20.8 Å². The Bertz CT molecular complexity index is 372. The molecule has 1 aromatic heterocycles. The number of nitrogens with zero attached hydrogens (tertiary/aromatic N) is 2. The molecule has 1 N–H and O–H groups in total. The van der Waals surface area contributed by atoms with Crippen LogP contribution in [0.2, 0.25) is 5.15 Å². The molecular formula is C11H18ClN3O2. The molecule has 0 aliphatic carbocycles. The van der Waals surface area contributed by atoms with Gasteiger partial charge in [0, 0.05) is 13.2 Å². The zero-order valence-corrected chi connectivity index (χ0v) is 11.3. The first kappa shape index (κ1) is 14.0. The van der Waals surface area contributed by atoms with Crippen molar-refractivity contribution in [1.82, 2.24) is 9.97 Å². The van der Waals surface area contributed by atoms with Gasteiger partial charge in [-0.05, 0) is 20.8 Å². The molecule has 5 nitrogen and oxygen atoms in total. The van der Waals surface area contributed by atoms with E-state index in [9.17, 15) is 0 Å². The third kappa shape index (κ3) is 4.02. The molecular weight excluding hydrogens is 242 g/mol.